The van der Waals surface area contributed by atoms with E-state index in [0.717, 1.165) is 31.7 Å². The molecule has 36 heavy (non-hydrogen) atoms. The summed E-state index contributed by atoms with van der Waals surface area (Å²) in [5.41, 5.74) is 2.79. The molecule has 0 amide bonds. The van der Waals surface area contributed by atoms with E-state index in [4.69, 9.17) is 0 Å². The van der Waals surface area contributed by atoms with Crippen LogP contribution in [-0.2, 0) is 17.4 Å². The van der Waals surface area contributed by atoms with Crippen LogP contribution in [0.15, 0.2) is 48.7 Å². The first kappa shape index (κ1) is 26.2. The standard InChI is InChI=1S/C28H37F2N5O/c1-27(2,3)20-8-7-9-21(15-20)28(10-5-4-6-11-28)31-17-25(36)24(33-26-18-32-35-34-26)14-19-12-22(29)16-23(30)13-19/h7-9,12-13,15-16,18,24-25,31,36H,4-6,10-11,14,17H2,1-3H3,(H2,32,33,34,35). The third-order valence-electron chi connectivity index (χ3n) is 7.23. The molecule has 1 heterocycles. The number of aromatic amines is 1. The highest BCUT2D eigenvalue weighted by Gasteiger charge is 2.35. The lowest BCUT2D eigenvalue weighted by molar-refractivity contribution is 0.122. The average Bonchev–Trinajstić information content (AvgIpc) is 3.35. The third-order valence-corrected chi connectivity index (χ3v) is 7.23. The number of anilines is 1. The number of aliphatic hydroxyl groups excluding tert-OH is 1. The summed E-state index contributed by atoms with van der Waals surface area (Å²) in [6.07, 6.45) is 6.30. The molecule has 2 atom stereocenters. The van der Waals surface area contributed by atoms with Crippen molar-refractivity contribution in [2.75, 3.05) is 11.9 Å². The Balaban J connectivity index is 1.55. The van der Waals surface area contributed by atoms with Crippen molar-refractivity contribution in [3.63, 3.8) is 0 Å². The van der Waals surface area contributed by atoms with Crippen LogP contribution in [0.25, 0.3) is 0 Å². The Hall–Kier alpha value is -2.84. The number of halogens is 2. The molecule has 0 radical (unpaired) electrons. The number of hydrogen-bond acceptors (Lipinski definition) is 5. The molecule has 194 valence electrons. The maximum atomic E-state index is 13.8. The number of hydrogen-bond donors (Lipinski definition) is 4. The molecule has 8 heteroatoms. The smallest absolute Gasteiger partial charge is 0.168 e. The van der Waals surface area contributed by atoms with Crippen molar-refractivity contribution in [3.05, 3.63) is 77.0 Å². The largest absolute Gasteiger partial charge is 0.390 e. The van der Waals surface area contributed by atoms with Gasteiger partial charge in [-0.05, 0) is 53.5 Å². The van der Waals surface area contributed by atoms with Gasteiger partial charge in [0.15, 0.2) is 5.82 Å². The quantitative estimate of drug-likeness (QED) is 0.326. The summed E-state index contributed by atoms with van der Waals surface area (Å²) in [5.74, 6) is -0.823. The van der Waals surface area contributed by atoms with E-state index in [1.54, 1.807) is 0 Å². The zero-order valence-electron chi connectivity index (χ0n) is 21.3. The second-order valence-electron chi connectivity index (χ2n) is 11.0. The summed E-state index contributed by atoms with van der Waals surface area (Å²) < 4.78 is 27.7. The highest BCUT2D eigenvalue weighted by Crippen LogP contribution is 2.38. The van der Waals surface area contributed by atoms with Crippen LogP contribution in [0.1, 0.15) is 69.6 Å². The minimum Gasteiger partial charge on any atom is -0.390 e. The Morgan fingerprint density at radius 3 is 2.42 bits per heavy atom. The highest BCUT2D eigenvalue weighted by atomic mass is 19.1. The molecule has 1 saturated carbocycles. The predicted octanol–water partition coefficient (Wildman–Crippen LogP) is 5.21. The second kappa shape index (κ2) is 11.0. The molecule has 1 aromatic heterocycles. The van der Waals surface area contributed by atoms with Crippen molar-refractivity contribution in [1.82, 2.24) is 20.7 Å². The van der Waals surface area contributed by atoms with Crippen LogP contribution in [0.2, 0.25) is 0 Å². The van der Waals surface area contributed by atoms with E-state index in [1.165, 1.54) is 35.9 Å². The predicted molar refractivity (Wildman–Crippen MR) is 138 cm³/mol. The van der Waals surface area contributed by atoms with E-state index < -0.39 is 23.8 Å². The van der Waals surface area contributed by atoms with Crippen molar-refractivity contribution < 1.29 is 13.9 Å². The van der Waals surface area contributed by atoms with Gasteiger partial charge in [0.05, 0.1) is 18.3 Å². The maximum Gasteiger partial charge on any atom is 0.168 e. The molecule has 0 bridgehead atoms. The van der Waals surface area contributed by atoms with Crippen molar-refractivity contribution in [1.29, 1.82) is 0 Å². The number of nitrogens with zero attached hydrogens (tertiary/aromatic N) is 2. The van der Waals surface area contributed by atoms with Gasteiger partial charge in [-0.25, -0.2) is 8.78 Å². The van der Waals surface area contributed by atoms with E-state index in [1.807, 2.05) is 0 Å². The molecule has 4 rings (SSSR count). The van der Waals surface area contributed by atoms with Gasteiger partial charge in [-0.1, -0.05) is 64.3 Å². The summed E-state index contributed by atoms with van der Waals surface area (Å²) >= 11 is 0. The summed E-state index contributed by atoms with van der Waals surface area (Å²) in [6.45, 7) is 6.96. The van der Waals surface area contributed by atoms with Crippen LogP contribution < -0.4 is 10.6 Å². The van der Waals surface area contributed by atoms with Gasteiger partial charge in [0.2, 0.25) is 0 Å². The molecule has 0 spiro atoms. The lowest BCUT2D eigenvalue weighted by Gasteiger charge is -2.41. The molecule has 1 fully saturated rings. The average molecular weight is 498 g/mol. The Morgan fingerprint density at radius 1 is 1.06 bits per heavy atom. The van der Waals surface area contributed by atoms with Gasteiger partial charge in [0.1, 0.15) is 11.6 Å². The Labute approximate surface area is 211 Å². The van der Waals surface area contributed by atoms with Crippen LogP contribution in [0.4, 0.5) is 14.6 Å². The fourth-order valence-electron chi connectivity index (χ4n) is 5.18. The minimum atomic E-state index is -0.849. The molecule has 0 saturated heterocycles. The van der Waals surface area contributed by atoms with E-state index in [-0.39, 0.29) is 17.4 Å². The van der Waals surface area contributed by atoms with Gasteiger partial charge >= 0.3 is 0 Å². The van der Waals surface area contributed by atoms with E-state index in [2.05, 4.69) is 71.1 Å². The topological polar surface area (TPSA) is 85.9 Å². The maximum absolute atomic E-state index is 13.8. The Morgan fingerprint density at radius 2 is 1.78 bits per heavy atom. The number of nitrogens with one attached hydrogen (secondary N) is 3. The van der Waals surface area contributed by atoms with Gasteiger partial charge in [-0.3, -0.25) is 0 Å². The number of H-pyrrole nitrogens is 1. The fraction of sp³-hybridized carbons (Fsp3) is 0.500. The Kier molecular flexibility index (Phi) is 8.05. The minimum absolute atomic E-state index is 0.0399. The van der Waals surface area contributed by atoms with E-state index in [0.29, 0.717) is 17.9 Å². The van der Waals surface area contributed by atoms with Gasteiger partial charge in [0, 0.05) is 18.2 Å². The molecular weight excluding hydrogens is 460 g/mol. The fourth-order valence-corrected chi connectivity index (χ4v) is 5.18. The first-order valence-electron chi connectivity index (χ1n) is 12.8. The first-order valence-corrected chi connectivity index (χ1v) is 12.8. The lowest BCUT2D eigenvalue weighted by atomic mass is 9.74. The molecule has 1 aliphatic carbocycles. The zero-order chi connectivity index (χ0) is 25.8. The molecule has 2 aromatic carbocycles. The molecule has 3 aromatic rings. The monoisotopic (exact) mass is 497 g/mol. The second-order valence-corrected chi connectivity index (χ2v) is 11.0. The van der Waals surface area contributed by atoms with Crippen LogP contribution in [0, 0.1) is 11.6 Å². The number of rotatable bonds is 9. The van der Waals surface area contributed by atoms with Gasteiger partial charge in [-0.15, -0.1) is 5.10 Å². The summed E-state index contributed by atoms with van der Waals surface area (Å²) in [6, 6.07) is 11.7. The van der Waals surface area contributed by atoms with Crippen LogP contribution in [0.5, 0.6) is 0 Å². The summed E-state index contributed by atoms with van der Waals surface area (Å²) in [7, 11) is 0. The van der Waals surface area contributed by atoms with Crippen molar-refractivity contribution >= 4 is 5.82 Å². The van der Waals surface area contributed by atoms with Crippen LogP contribution in [-0.4, -0.2) is 39.2 Å². The van der Waals surface area contributed by atoms with Crippen LogP contribution >= 0.6 is 0 Å². The van der Waals surface area contributed by atoms with Gasteiger partial charge < -0.3 is 15.7 Å². The third kappa shape index (κ3) is 6.48. The molecular formula is C28H37F2N5O. The van der Waals surface area contributed by atoms with Crippen molar-refractivity contribution in [3.8, 4) is 0 Å². The Bertz CT molecular complexity index is 1100. The molecule has 0 aliphatic heterocycles. The van der Waals surface area contributed by atoms with Crippen LogP contribution in [0.3, 0.4) is 0 Å². The molecule has 4 N–H and O–H groups in total. The number of aromatic nitrogens is 3. The molecule has 6 nitrogen and oxygen atoms in total. The highest BCUT2D eigenvalue weighted by molar-refractivity contribution is 5.35. The number of aliphatic hydroxyl groups is 1. The van der Waals surface area contributed by atoms with E-state index in [9.17, 15) is 13.9 Å². The number of benzene rings is 2. The van der Waals surface area contributed by atoms with Gasteiger partial charge in [-0.2, -0.15) is 10.3 Å². The summed E-state index contributed by atoms with van der Waals surface area (Å²) in [5, 5.41) is 28.6. The normalized spacial score (nSPS) is 17.5. The van der Waals surface area contributed by atoms with Crippen molar-refractivity contribution in [2.24, 2.45) is 0 Å². The SMILES string of the molecule is CC(C)(C)c1cccc(C2(NCC(O)C(Cc3cc(F)cc(F)c3)Nc3cn[nH]n3)CCCCC2)c1. The molecule has 1 aliphatic rings. The molecule has 2 unspecified atom stereocenters. The first-order chi connectivity index (χ1) is 17.1. The van der Waals surface area contributed by atoms with Crippen molar-refractivity contribution in [2.45, 2.75) is 82.4 Å². The van der Waals surface area contributed by atoms with E-state index >= 15 is 0 Å². The van der Waals surface area contributed by atoms with Gasteiger partial charge in [0.25, 0.3) is 0 Å². The lowest BCUT2D eigenvalue weighted by Crippen LogP contribution is -2.51. The summed E-state index contributed by atoms with van der Waals surface area (Å²) in [4.78, 5) is 0. The zero-order valence-corrected chi connectivity index (χ0v) is 21.3.